The van der Waals surface area contributed by atoms with E-state index >= 15 is 0 Å². The fourth-order valence-corrected chi connectivity index (χ4v) is 8.12. The van der Waals surface area contributed by atoms with E-state index in [0.717, 1.165) is 32.1 Å². The average molecular weight is 464 g/mol. The Kier molecular flexibility index (Phi) is 5.91. The minimum absolute atomic E-state index is 0.0805. The first-order valence-electron chi connectivity index (χ1n) is 12.8. The van der Waals surface area contributed by atoms with Gasteiger partial charge < -0.3 is 16.2 Å². The summed E-state index contributed by atoms with van der Waals surface area (Å²) in [6, 6.07) is 3.37. The van der Waals surface area contributed by atoms with Gasteiger partial charge in [0.2, 0.25) is 5.91 Å². The quantitative estimate of drug-likeness (QED) is 0.568. The summed E-state index contributed by atoms with van der Waals surface area (Å²) >= 11 is 0. The maximum Gasteiger partial charge on any atom is 0.326 e. The molecule has 0 aliphatic heterocycles. The molecule has 1 amide bonds. The number of carboxylic acids is 1. The summed E-state index contributed by atoms with van der Waals surface area (Å²) in [7, 11) is 0. The maximum absolute atomic E-state index is 11.9. The van der Waals surface area contributed by atoms with Crippen molar-refractivity contribution in [2.24, 2.45) is 40.2 Å². The van der Waals surface area contributed by atoms with Crippen LogP contribution in [-0.4, -0.2) is 34.6 Å². The molecular formula is C28H37N3O3. The van der Waals surface area contributed by atoms with Gasteiger partial charge in [0.05, 0.1) is 6.54 Å². The normalized spacial score (nSPS) is 37.4. The van der Waals surface area contributed by atoms with Crippen LogP contribution in [0, 0.1) is 34.5 Å². The van der Waals surface area contributed by atoms with E-state index in [1.807, 2.05) is 18.5 Å². The molecular weight excluding hydrogens is 426 g/mol. The van der Waals surface area contributed by atoms with Crippen molar-refractivity contribution in [3.63, 3.8) is 0 Å². The van der Waals surface area contributed by atoms with Crippen molar-refractivity contribution >= 4 is 17.4 Å². The lowest BCUT2D eigenvalue weighted by molar-refractivity contribution is -0.143. The molecule has 1 aromatic heterocycles. The Morgan fingerprint density at radius 2 is 1.97 bits per heavy atom. The van der Waals surface area contributed by atoms with E-state index in [0.29, 0.717) is 17.8 Å². The number of aliphatic carboxylic acids is 1. The molecule has 2 saturated carbocycles. The van der Waals surface area contributed by atoms with Crippen molar-refractivity contribution in [2.75, 3.05) is 6.54 Å². The largest absolute Gasteiger partial charge is 0.480 e. The average Bonchev–Trinajstić information content (AvgIpc) is 3.19. The molecule has 7 atom stereocenters. The number of amides is 1. The SMILES string of the molecule is C[C@]12CC[C@H](C(NC(=O)CN)C(=O)O)CC1=CC[C@@H]1[C@@H]2CC[C@]2(C)C(c3cccnc3)=CC[C@@H]12. The number of hydrogen-bond donors (Lipinski definition) is 3. The second-order valence-corrected chi connectivity index (χ2v) is 11.4. The topological polar surface area (TPSA) is 105 Å². The highest BCUT2D eigenvalue weighted by molar-refractivity contribution is 5.84. The first-order chi connectivity index (χ1) is 16.3. The number of nitrogens with zero attached hydrogens (tertiary/aromatic N) is 1. The van der Waals surface area contributed by atoms with Gasteiger partial charge in [-0.3, -0.25) is 9.78 Å². The molecule has 0 aromatic carbocycles. The Hall–Kier alpha value is -2.47. The summed E-state index contributed by atoms with van der Waals surface area (Å²) in [6.45, 7) is 4.71. The van der Waals surface area contributed by atoms with Crippen LogP contribution < -0.4 is 11.1 Å². The van der Waals surface area contributed by atoms with Gasteiger partial charge in [0, 0.05) is 12.4 Å². The number of carbonyl (C=O) groups excluding carboxylic acids is 1. The lowest BCUT2D eigenvalue weighted by Gasteiger charge is -2.58. The third-order valence-corrected chi connectivity index (χ3v) is 9.93. The van der Waals surface area contributed by atoms with Gasteiger partial charge in [-0.1, -0.05) is 37.6 Å². The van der Waals surface area contributed by atoms with Gasteiger partial charge in [0.25, 0.3) is 0 Å². The summed E-state index contributed by atoms with van der Waals surface area (Å²) in [5.41, 5.74) is 9.91. The van der Waals surface area contributed by atoms with Crippen LogP contribution in [-0.2, 0) is 9.59 Å². The molecule has 6 heteroatoms. The third-order valence-electron chi connectivity index (χ3n) is 9.93. The number of pyridine rings is 1. The summed E-state index contributed by atoms with van der Waals surface area (Å²) in [5, 5.41) is 12.4. The predicted octanol–water partition coefficient (Wildman–Crippen LogP) is 4.18. The van der Waals surface area contributed by atoms with Crippen molar-refractivity contribution in [1.29, 1.82) is 0 Å². The number of carboxylic acid groups (broad SMARTS) is 1. The van der Waals surface area contributed by atoms with Crippen molar-refractivity contribution in [1.82, 2.24) is 10.3 Å². The lowest BCUT2D eigenvalue weighted by Crippen LogP contribution is -2.53. The summed E-state index contributed by atoms with van der Waals surface area (Å²) in [6.07, 6.45) is 15.9. The zero-order chi connectivity index (χ0) is 24.1. The number of aromatic nitrogens is 1. The number of allylic oxidation sites excluding steroid dienone is 4. The number of rotatable bonds is 5. The van der Waals surface area contributed by atoms with Gasteiger partial charge in [-0.15, -0.1) is 0 Å². The highest BCUT2D eigenvalue weighted by Crippen LogP contribution is 2.66. The molecule has 4 aliphatic rings. The zero-order valence-corrected chi connectivity index (χ0v) is 20.3. The molecule has 1 unspecified atom stereocenters. The minimum Gasteiger partial charge on any atom is -0.480 e. The number of nitrogens with two attached hydrogens (primary N) is 1. The molecule has 4 aliphatic carbocycles. The molecule has 0 bridgehead atoms. The Balaban J connectivity index is 1.37. The van der Waals surface area contributed by atoms with Crippen LogP contribution in [0.1, 0.15) is 64.4 Å². The van der Waals surface area contributed by atoms with E-state index in [9.17, 15) is 14.7 Å². The minimum atomic E-state index is -0.960. The first kappa shape index (κ1) is 23.3. The molecule has 182 valence electrons. The van der Waals surface area contributed by atoms with Crippen LogP contribution in [0.15, 0.2) is 42.3 Å². The van der Waals surface area contributed by atoms with Crippen molar-refractivity contribution in [3.05, 3.63) is 47.8 Å². The van der Waals surface area contributed by atoms with E-state index in [1.165, 1.54) is 29.6 Å². The highest BCUT2D eigenvalue weighted by Gasteiger charge is 2.57. The van der Waals surface area contributed by atoms with E-state index in [1.54, 1.807) is 0 Å². The van der Waals surface area contributed by atoms with Gasteiger partial charge in [0.1, 0.15) is 6.04 Å². The van der Waals surface area contributed by atoms with Crippen molar-refractivity contribution in [2.45, 2.75) is 64.8 Å². The van der Waals surface area contributed by atoms with Gasteiger partial charge in [-0.05, 0) is 96.7 Å². The monoisotopic (exact) mass is 463 g/mol. The van der Waals surface area contributed by atoms with Crippen LogP contribution in [0.25, 0.3) is 5.57 Å². The van der Waals surface area contributed by atoms with Crippen LogP contribution in [0.4, 0.5) is 0 Å². The molecule has 0 saturated heterocycles. The van der Waals surface area contributed by atoms with E-state index < -0.39 is 17.9 Å². The smallest absolute Gasteiger partial charge is 0.326 e. The molecule has 1 aromatic rings. The molecule has 0 spiro atoms. The van der Waals surface area contributed by atoms with Crippen molar-refractivity contribution < 1.29 is 14.7 Å². The van der Waals surface area contributed by atoms with E-state index in [-0.39, 0.29) is 23.3 Å². The Morgan fingerprint density at radius 3 is 2.68 bits per heavy atom. The summed E-state index contributed by atoms with van der Waals surface area (Å²) in [4.78, 5) is 28.2. The number of carbonyl (C=O) groups is 2. The van der Waals surface area contributed by atoms with Crippen LogP contribution in [0.2, 0.25) is 0 Å². The molecule has 0 radical (unpaired) electrons. The van der Waals surface area contributed by atoms with Gasteiger partial charge in [-0.25, -0.2) is 4.79 Å². The first-order valence-corrected chi connectivity index (χ1v) is 12.8. The summed E-state index contributed by atoms with van der Waals surface area (Å²) < 4.78 is 0. The Bertz CT molecular complexity index is 1030. The van der Waals surface area contributed by atoms with Gasteiger partial charge >= 0.3 is 5.97 Å². The molecule has 6 nitrogen and oxygen atoms in total. The second-order valence-electron chi connectivity index (χ2n) is 11.4. The van der Waals surface area contributed by atoms with E-state index in [2.05, 4.69) is 42.4 Å². The molecule has 4 N–H and O–H groups in total. The molecule has 1 heterocycles. The fourth-order valence-electron chi connectivity index (χ4n) is 8.12. The molecule has 5 rings (SSSR count). The standard InChI is InChI=1S/C28H37N3O3/c1-27-11-9-17(25(26(33)34)31-24(32)15-29)14-19(27)5-6-20-22-8-7-21(18-4-3-13-30-16-18)28(22,2)12-10-23(20)27/h3-5,7,13,16-17,20,22-23,25H,6,8-12,14-15,29H2,1-2H3,(H,31,32)(H,33,34)/t17-,20-,22-,23-,25?,27-,28+/m0/s1. The second kappa shape index (κ2) is 8.63. The number of fused-ring (bicyclic) bond motifs is 5. The maximum atomic E-state index is 11.9. The van der Waals surface area contributed by atoms with E-state index in [4.69, 9.17) is 5.73 Å². The lowest BCUT2D eigenvalue weighted by atomic mass is 9.46. The highest BCUT2D eigenvalue weighted by atomic mass is 16.4. The number of nitrogens with one attached hydrogen (secondary N) is 1. The predicted molar refractivity (Wildman–Crippen MR) is 131 cm³/mol. The molecule has 34 heavy (non-hydrogen) atoms. The van der Waals surface area contributed by atoms with Crippen molar-refractivity contribution in [3.8, 4) is 0 Å². The summed E-state index contributed by atoms with van der Waals surface area (Å²) in [5.74, 6) is 0.491. The Morgan fingerprint density at radius 1 is 1.18 bits per heavy atom. The van der Waals surface area contributed by atoms with Crippen LogP contribution >= 0.6 is 0 Å². The number of hydrogen-bond acceptors (Lipinski definition) is 4. The van der Waals surface area contributed by atoms with Crippen LogP contribution in [0.3, 0.4) is 0 Å². The zero-order valence-electron chi connectivity index (χ0n) is 20.3. The van der Waals surface area contributed by atoms with Crippen LogP contribution in [0.5, 0.6) is 0 Å². The van der Waals surface area contributed by atoms with Gasteiger partial charge in [-0.2, -0.15) is 0 Å². The van der Waals surface area contributed by atoms with Gasteiger partial charge in [0.15, 0.2) is 0 Å². The molecule has 2 fully saturated rings. The Labute approximate surface area is 202 Å². The third kappa shape index (κ3) is 3.62. The fraction of sp³-hybridized carbons (Fsp3) is 0.607.